The second-order valence-corrected chi connectivity index (χ2v) is 8.24. The van der Waals surface area contributed by atoms with Gasteiger partial charge >= 0.3 is 0 Å². The zero-order chi connectivity index (χ0) is 21.3. The summed E-state index contributed by atoms with van der Waals surface area (Å²) in [5.74, 6) is -0.582. The van der Waals surface area contributed by atoms with Crippen molar-refractivity contribution in [1.82, 2.24) is 15.5 Å². The minimum Gasteiger partial charge on any atom is -0.345 e. The van der Waals surface area contributed by atoms with Gasteiger partial charge in [0.1, 0.15) is 5.01 Å². The summed E-state index contributed by atoms with van der Waals surface area (Å²) in [5.41, 5.74) is 1.19. The molecule has 0 radical (unpaired) electrons. The van der Waals surface area contributed by atoms with Crippen molar-refractivity contribution >= 4 is 39.9 Å². The van der Waals surface area contributed by atoms with Crippen LogP contribution >= 0.6 is 22.9 Å². The summed E-state index contributed by atoms with van der Waals surface area (Å²) in [6.07, 6.45) is 3.02. The second-order valence-electron chi connectivity index (χ2n) is 6.77. The number of halogens is 1. The van der Waals surface area contributed by atoms with Gasteiger partial charge in [-0.05, 0) is 24.1 Å². The second kappa shape index (κ2) is 10.8. The number of carbonyl (C=O) groups is 2. The molecule has 6 nitrogen and oxygen atoms in total. The molecule has 0 bridgehead atoms. The molecule has 1 atom stereocenters. The fraction of sp³-hybridized carbons (Fsp3) is 0.273. The molecule has 8 heteroatoms. The lowest BCUT2D eigenvalue weighted by atomic mass is 10.0. The van der Waals surface area contributed by atoms with Crippen LogP contribution in [0.25, 0.3) is 0 Å². The molecule has 0 aliphatic heterocycles. The van der Waals surface area contributed by atoms with Gasteiger partial charge in [0.05, 0.1) is 23.0 Å². The monoisotopic (exact) mass is 442 g/mol. The molecule has 0 aliphatic rings. The van der Waals surface area contributed by atoms with Crippen molar-refractivity contribution in [2.75, 3.05) is 5.32 Å². The standard InChI is InChI=1S/C22H23ClN4O2S/c1-2-3-13-20-26-27-22(30-20)25-19(28)14-18(15-9-5-4-6-10-15)24-21(29)16-11-7-8-12-17(16)23/h4-12,18H,2-3,13-14H2,1H3,(H,24,29)(H,25,27,28). The Balaban J connectivity index is 1.70. The molecular formula is C22H23ClN4O2S. The van der Waals surface area contributed by atoms with Gasteiger partial charge in [-0.2, -0.15) is 0 Å². The Kier molecular flexibility index (Phi) is 7.93. The number of unbranched alkanes of at least 4 members (excludes halogenated alkanes) is 1. The molecule has 1 aromatic heterocycles. The summed E-state index contributed by atoms with van der Waals surface area (Å²) < 4.78 is 0. The number of aromatic nitrogens is 2. The first-order valence-corrected chi connectivity index (χ1v) is 11.0. The maximum absolute atomic E-state index is 12.7. The smallest absolute Gasteiger partial charge is 0.253 e. The summed E-state index contributed by atoms with van der Waals surface area (Å²) in [6, 6.07) is 15.7. The Morgan fingerprint density at radius 2 is 1.80 bits per heavy atom. The van der Waals surface area contributed by atoms with Crippen LogP contribution in [-0.4, -0.2) is 22.0 Å². The Morgan fingerprint density at radius 1 is 1.07 bits per heavy atom. The van der Waals surface area contributed by atoms with Crippen molar-refractivity contribution in [2.45, 2.75) is 38.6 Å². The van der Waals surface area contributed by atoms with Crippen LogP contribution in [0.4, 0.5) is 5.13 Å². The minimum atomic E-state index is -0.512. The quantitative estimate of drug-likeness (QED) is 0.486. The summed E-state index contributed by atoms with van der Waals surface area (Å²) in [4.78, 5) is 25.4. The molecule has 156 valence electrons. The molecule has 1 heterocycles. The van der Waals surface area contributed by atoms with E-state index in [1.54, 1.807) is 24.3 Å². The Hall–Kier alpha value is -2.77. The molecule has 0 aliphatic carbocycles. The van der Waals surface area contributed by atoms with Crippen LogP contribution < -0.4 is 10.6 Å². The number of benzene rings is 2. The highest BCUT2D eigenvalue weighted by Gasteiger charge is 2.21. The third-order valence-corrected chi connectivity index (χ3v) is 5.70. The van der Waals surface area contributed by atoms with E-state index in [0.29, 0.717) is 15.7 Å². The van der Waals surface area contributed by atoms with E-state index in [9.17, 15) is 9.59 Å². The molecule has 0 fully saturated rings. The van der Waals surface area contributed by atoms with E-state index in [4.69, 9.17) is 11.6 Å². The molecular weight excluding hydrogens is 420 g/mol. The predicted octanol–water partition coefficient (Wildman–Crippen LogP) is 5.03. The van der Waals surface area contributed by atoms with Crippen LogP contribution in [0.2, 0.25) is 5.02 Å². The molecule has 2 N–H and O–H groups in total. The number of hydrogen-bond donors (Lipinski definition) is 2. The Morgan fingerprint density at radius 3 is 2.53 bits per heavy atom. The molecule has 3 aromatic rings. The number of aryl methyl sites for hydroxylation is 1. The van der Waals surface area contributed by atoms with E-state index in [2.05, 4.69) is 27.8 Å². The lowest BCUT2D eigenvalue weighted by Crippen LogP contribution is -2.31. The molecule has 0 spiro atoms. The van der Waals surface area contributed by atoms with E-state index in [-0.39, 0.29) is 18.2 Å². The van der Waals surface area contributed by atoms with Crippen molar-refractivity contribution in [1.29, 1.82) is 0 Å². The number of nitrogens with zero attached hydrogens (tertiary/aromatic N) is 2. The van der Waals surface area contributed by atoms with Crippen LogP contribution in [-0.2, 0) is 11.2 Å². The predicted molar refractivity (Wildman–Crippen MR) is 120 cm³/mol. The van der Waals surface area contributed by atoms with E-state index in [1.165, 1.54) is 11.3 Å². The highest BCUT2D eigenvalue weighted by molar-refractivity contribution is 7.15. The zero-order valence-electron chi connectivity index (χ0n) is 16.6. The van der Waals surface area contributed by atoms with Gasteiger partial charge in [0.25, 0.3) is 5.91 Å². The SMILES string of the molecule is CCCCc1nnc(NC(=O)CC(NC(=O)c2ccccc2Cl)c2ccccc2)s1. The van der Waals surface area contributed by atoms with Gasteiger partial charge in [-0.3, -0.25) is 9.59 Å². The van der Waals surface area contributed by atoms with Crippen LogP contribution in [0.15, 0.2) is 54.6 Å². The largest absolute Gasteiger partial charge is 0.345 e. The first-order chi connectivity index (χ1) is 14.6. The fourth-order valence-electron chi connectivity index (χ4n) is 2.91. The van der Waals surface area contributed by atoms with Crippen LogP contribution in [0.3, 0.4) is 0 Å². The molecule has 1 unspecified atom stereocenters. The molecule has 30 heavy (non-hydrogen) atoms. The van der Waals surface area contributed by atoms with Crippen LogP contribution in [0.1, 0.15) is 53.2 Å². The van der Waals surface area contributed by atoms with Gasteiger partial charge in [-0.25, -0.2) is 0 Å². The number of hydrogen-bond acceptors (Lipinski definition) is 5. The van der Waals surface area contributed by atoms with Crippen LogP contribution in [0.5, 0.6) is 0 Å². The zero-order valence-corrected chi connectivity index (χ0v) is 18.2. The van der Waals surface area contributed by atoms with E-state index in [1.807, 2.05) is 30.3 Å². The van der Waals surface area contributed by atoms with E-state index in [0.717, 1.165) is 29.8 Å². The first kappa shape index (κ1) is 21.9. The Labute approximate surface area is 184 Å². The maximum atomic E-state index is 12.7. The van der Waals surface area contributed by atoms with Gasteiger partial charge in [-0.1, -0.05) is 78.7 Å². The van der Waals surface area contributed by atoms with Gasteiger partial charge in [0.15, 0.2) is 0 Å². The lowest BCUT2D eigenvalue weighted by Gasteiger charge is -2.19. The molecule has 2 amide bonds. The number of rotatable bonds is 9. The van der Waals surface area contributed by atoms with Gasteiger partial charge < -0.3 is 10.6 Å². The lowest BCUT2D eigenvalue weighted by molar-refractivity contribution is -0.116. The number of carbonyl (C=O) groups excluding carboxylic acids is 2. The highest BCUT2D eigenvalue weighted by Crippen LogP contribution is 2.22. The van der Waals surface area contributed by atoms with Crippen molar-refractivity contribution in [2.24, 2.45) is 0 Å². The van der Waals surface area contributed by atoms with Crippen molar-refractivity contribution < 1.29 is 9.59 Å². The highest BCUT2D eigenvalue weighted by atomic mass is 35.5. The topological polar surface area (TPSA) is 84.0 Å². The summed E-state index contributed by atoms with van der Waals surface area (Å²) in [6.45, 7) is 2.12. The fourth-order valence-corrected chi connectivity index (χ4v) is 3.93. The van der Waals surface area contributed by atoms with Gasteiger partial charge in [-0.15, -0.1) is 10.2 Å². The molecule has 0 saturated carbocycles. The summed E-state index contributed by atoms with van der Waals surface area (Å²) in [5, 5.41) is 15.6. The summed E-state index contributed by atoms with van der Waals surface area (Å²) >= 11 is 7.52. The average Bonchev–Trinajstić information content (AvgIpc) is 3.19. The van der Waals surface area contributed by atoms with Gasteiger partial charge in [0, 0.05) is 6.42 Å². The number of nitrogens with one attached hydrogen (secondary N) is 2. The number of anilines is 1. The third-order valence-electron chi connectivity index (χ3n) is 4.47. The van der Waals surface area contributed by atoms with E-state index >= 15 is 0 Å². The first-order valence-electron chi connectivity index (χ1n) is 9.79. The van der Waals surface area contributed by atoms with Crippen molar-refractivity contribution in [3.63, 3.8) is 0 Å². The maximum Gasteiger partial charge on any atom is 0.253 e. The average molecular weight is 443 g/mol. The summed E-state index contributed by atoms with van der Waals surface area (Å²) in [7, 11) is 0. The van der Waals surface area contributed by atoms with Crippen molar-refractivity contribution in [3.05, 3.63) is 75.8 Å². The molecule has 0 saturated heterocycles. The normalized spacial score (nSPS) is 11.7. The van der Waals surface area contributed by atoms with Gasteiger partial charge in [0.2, 0.25) is 11.0 Å². The van der Waals surface area contributed by atoms with E-state index < -0.39 is 6.04 Å². The third kappa shape index (κ3) is 6.11. The molecule has 3 rings (SSSR count). The number of amides is 2. The molecule has 2 aromatic carbocycles. The minimum absolute atomic E-state index is 0.0596. The van der Waals surface area contributed by atoms with Crippen molar-refractivity contribution in [3.8, 4) is 0 Å². The Bertz CT molecular complexity index is 994. The van der Waals surface area contributed by atoms with Crippen LogP contribution in [0, 0.1) is 0 Å².